The summed E-state index contributed by atoms with van der Waals surface area (Å²) < 4.78 is 17.3. The minimum atomic E-state index is -1.81. The van der Waals surface area contributed by atoms with Gasteiger partial charge in [0.05, 0.1) is 18.5 Å². The van der Waals surface area contributed by atoms with Gasteiger partial charge in [-0.1, -0.05) is 20.8 Å². The number of carbonyl (C=O) groups excluding carboxylic acids is 1. The van der Waals surface area contributed by atoms with Crippen LogP contribution in [-0.2, 0) is 18.6 Å². The Morgan fingerprint density at radius 2 is 1.62 bits per heavy atom. The molecule has 39 heavy (non-hydrogen) atoms. The fourth-order valence-corrected chi connectivity index (χ4v) is 9.78. The van der Waals surface area contributed by atoms with Gasteiger partial charge in [-0.05, 0) is 138 Å². The third-order valence-electron chi connectivity index (χ3n) is 11.1. The average Bonchev–Trinajstić information content (AvgIpc) is 3.21. The van der Waals surface area contributed by atoms with Gasteiger partial charge < -0.3 is 13.8 Å². The van der Waals surface area contributed by atoms with Crippen LogP contribution < -0.4 is 0 Å². The zero-order chi connectivity index (χ0) is 28.8. The highest BCUT2D eigenvalue weighted by atomic mass is 28.4. The van der Waals surface area contributed by atoms with Gasteiger partial charge in [-0.2, -0.15) is 0 Å². The van der Waals surface area contributed by atoms with Crippen molar-refractivity contribution in [1.82, 2.24) is 0 Å². The van der Waals surface area contributed by atoms with Crippen LogP contribution >= 0.6 is 0 Å². The van der Waals surface area contributed by atoms with Gasteiger partial charge in [0, 0.05) is 11.8 Å². The summed E-state index contributed by atoms with van der Waals surface area (Å²) in [7, 11) is -1.97. The topological polar surface area (TPSA) is 69.5 Å². The summed E-state index contributed by atoms with van der Waals surface area (Å²) in [6, 6.07) is 0. The van der Waals surface area contributed by atoms with Crippen molar-refractivity contribution in [2.45, 2.75) is 124 Å². The van der Waals surface area contributed by atoms with Gasteiger partial charge >= 0.3 is 5.97 Å². The van der Waals surface area contributed by atoms with Crippen LogP contribution in [-0.4, -0.2) is 41.1 Å². The maximum atomic E-state index is 12.0. The lowest BCUT2D eigenvalue weighted by molar-refractivity contribution is -0.141. The lowest BCUT2D eigenvalue weighted by Gasteiger charge is -2.60. The number of methoxy groups -OCH3 is 1. The van der Waals surface area contributed by atoms with Crippen molar-refractivity contribution in [3.8, 4) is 0 Å². The Hall–Kier alpha value is -1.16. The van der Waals surface area contributed by atoms with Crippen molar-refractivity contribution >= 4 is 34.0 Å². The zero-order valence-corrected chi connectivity index (χ0v) is 28.6. The maximum absolute atomic E-state index is 12.0. The minimum absolute atomic E-state index is 0.0476. The Morgan fingerprint density at radius 1 is 0.949 bits per heavy atom. The molecule has 0 aliphatic heterocycles. The Labute approximate surface area is 240 Å². The van der Waals surface area contributed by atoms with E-state index in [1.165, 1.54) is 50.6 Å². The Bertz CT molecular complexity index is 971. The van der Waals surface area contributed by atoms with Crippen LogP contribution in [0.1, 0.15) is 85.0 Å². The molecule has 4 fully saturated rings. The van der Waals surface area contributed by atoms with E-state index in [1.54, 1.807) is 0 Å². The molecule has 0 radical (unpaired) electrons. The van der Waals surface area contributed by atoms with Gasteiger partial charge in [0.1, 0.15) is 0 Å². The number of esters is 1. The highest BCUT2D eigenvalue weighted by Gasteiger charge is 2.63. The van der Waals surface area contributed by atoms with Crippen LogP contribution in [0.15, 0.2) is 10.3 Å². The van der Waals surface area contributed by atoms with E-state index in [9.17, 15) is 4.79 Å². The van der Waals surface area contributed by atoms with Crippen LogP contribution in [0.5, 0.6) is 0 Å². The number of fused-ring (bicyclic) bond motifs is 5. The summed E-state index contributed by atoms with van der Waals surface area (Å²) in [5.74, 6) is 3.62. The van der Waals surface area contributed by atoms with Crippen LogP contribution in [0, 0.1) is 46.3 Å². The third-order valence-corrected chi connectivity index (χ3v) is 12.3. The van der Waals surface area contributed by atoms with Crippen molar-refractivity contribution < 1.29 is 18.6 Å². The molecule has 4 aliphatic carbocycles. The predicted octanol–water partition coefficient (Wildman–Crippen LogP) is 8.26. The van der Waals surface area contributed by atoms with Crippen LogP contribution in [0.25, 0.3) is 0 Å². The minimum Gasteiger partial charge on any atom is -0.469 e. The van der Waals surface area contributed by atoms with Gasteiger partial charge in [-0.3, -0.25) is 4.79 Å². The molecule has 0 N–H and O–H groups in total. The highest BCUT2D eigenvalue weighted by molar-refractivity contribution is 6.70. The molecule has 8 heteroatoms. The lowest BCUT2D eigenvalue weighted by atomic mass is 9.44. The standard InChI is InChI=1S/C31H56N2O4Si2/c1-21(11-16-29(34)35-4)25-14-15-26-24-13-12-22-19-23(32-36-38(5,6)7)17-18-30(22,2)27(24)20-28(31(25,26)3)33-37-39(8,9)10/h21-22,24-27H,11-20H2,1-10H3/b32-23+,33-28+/t21?,22-,24?,25?,26?,27?,30?,31?/m1/s1. The van der Waals surface area contributed by atoms with Crippen LogP contribution in [0.2, 0.25) is 39.3 Å². The fraction of sp³-hybridized carbons (Fsp3) is 0.903. The van der Waals surface area contributed by atoms with E-state index in [2.05, 4.69) is 65.2 Å². The smallest absolute Gasteiger partial charge is 0.305 e. The first-order valence-corrected chi connectivity index (χ1v) is 22.5. The normalized spacial score (nSPS) is 39.5. The molecule has 0 saturated heterocycles. The van der Waals surface area contributed by atoms with E-state index in [-0.39, 0.29) is 11.4 Å². The fourth-order valence-electron chi connectivity index (χ4n) is 8.99. The molecule has 4 rings (SSSR count). The molecule has 7 unspecified atom stereocenters. The third kappa shape index (κ3) is 6.36. The summed E-state index contributed by atoms with van der Waals surface area (Å²) in [4.78, 5) is 12.0. The molecular weight excluding hydrogens is 521 g/mol. The van der Waals surface area contributed by atoms with E-state index in [0.717, 1.165) is 31.6 Å². The van der Waals surface area contributed by atoms with Gasteiger partial charge in [0.2, 0.25) is 0 Å². The van der Waals surface area contributed by atoms with E-state index in [0.29, 0.717) is 41.4 Å². The highest BCUT2D eigenvalue weighted by Crippen LogP contribution is 2.67. The molecule has 4 saturated carbocycles. The van der Waals surface area contributed by atoms with Gasteiger partial charge in [0.25, 0.3) is 16.6 Å². The van der Waals surface area contributed by atoms with Crippen molar-refractivity contribution in [3.05, 3.63) is 0 Å². The molecular formula is C31H56N2O4Si2. The van der Waals surface area contributed by atoms with E-state index in [4.69, 9.17) is 18.9 Å². The summed E-state index contributed by atoms with van der Waals surface area (Å²) in [6.07, 6.45) is 10.9. The summed E-state index contributed by atoms with van der Waals surface area (Å²) in [6.45, 7) is 20.8. The monoisotopic (exact) mass is 576 g/mol. The number of hydrogen-bond acceptors (Lipinski definition) is 6. The maximum Gasteiger partial charge on any atom is 0.305 e. The second-order valence-electron chi connectivity index (χ2n) is 15.7. The van der Waals surface area contributed by atoms with Crippen molar-refractivity contribution in [2.24, 2.45) is 56.6 Å². The van der Waals surface area contributed by atoms with Gasteiger partial charge in [0.15, 0.2) is 0 Å². The van der Waals surface area contributed by atoms with Gasteiger partial charge in [-0.15, -0.1) is 10.3 Å². The average molecular weight is 577 g/mol. The van der Waals surface area contributed by atoms with Crippen molar-refractivity contribution in [1.29, 1.82) is 0 Å². The number of rotatable bonds is 8. The van der Waals surface area contributed by atoms with Crippen molar-refractivity contribution in [2.75, 3.05) is 7.11 Å². The zero-order valence-electron chi connectivity index (χ0n) is 26.6. The molecule has 0 bridgehead atoms. The number of ether oxygens (including phenoxy) is 1. The molecule has 4 aliphatic rings. The SMILES string of the molecule is COC(=O)CCC(C)C1CCC2C3CC[C@@H]4C/C(=N/O[Si](C)(C)C)CCC4(C)C3C/C(=N\O[Si](C)(C)C)C12C. The lowest BCUT2D eigenvalue weighted by Crippen LogP contribution is -2.57. The molecule has 6 nitrogen and oxygen atoms in total. The molecule has 0 aromatic heterocycles. The van der Waals surface area contributed by atoms with Crippen LogP contribution in [0.3, 0.4) is 0 Å². The first-order chi connectivity index (χ1) is 18.1. The quantitative estimate of drug-likeness (QED) is 0.166. The number of oxime groups is 2. The number of nitrogens with zero attached hydrogens (tertiary/aromatic N) is 2. The summed E-state index contributed by atoms with van der Waals surface area (Å²) >= 11 is 0. The number of hydrogen-bond donors (Lipinski definition) is 0. The predicted molar refractivity (Wildman–Crippen MR) is 165 cm³/mol. The second-order valence-corrected chi connectivity index (χ2v) is 24.5. The van der Waals surface area contributed by atoms with Crippen LogP contribution in [0.4, 0.5) is 0 Å². The molecule has 0 spiro atoms. The van der Waals surface area contributed by atoms with E-state index >= 15 is 0 Å². The van der Waals surface area contributed by atoms with Gasteiger partial charge in [-0.25, -0.2) is 0 Å². The van der Waals surface area contributed by atoms with E-state index < -0.39 is 16.6 Å². The summed E-state index contributed by atoms with van der Waals surface area (Å²) in [5.41, 5.74) is 2.98. The molecule has 0 amide bonds. The molecule has 0 aromatic carbocycles. The van der Waals surface area contributed by atoms with E-state index in [1.807, 2.05) is 0 Å². The molecule has 8 atom stereocenters. The Balaban J connectivity index is 1.62. The van der Waals surface area contributed by atoms with Crippen molar-refractivity contribution in [3.63, 3.8) is 0 Å². The molecule has 0 aromatic rings. The molecule has 0 heterocycles. The Morgan fingerprint density at radius 3 is 2.26 bits per heavy atom. The first kappa shape index (κ1) is 30.8. The second kappa shape index (κ2) is 11.3. The first-order valence-electron chi connectivity index (χ1n) is 15.6. The molecule has 222 valence electrons. The largest absolute Gasteiger partial charge is 0.469 e. The Kier molecular flexibility index (Phi) is 8.89. The summed E-state index contributed by atoms with van der Waals surface area (Å²) in [5, 5.41) is 9.78. The number of carbonyl (C=O) groups is 1.